The smallest absolute Gasteiger partial charge is 0.115 e. The van der Waals surface area contributed by atoms with E-state index in [0.717, 1.165) is 12.8 Å². The van der Waals surface area contributed by atoms with Gasteiger partial charge in [0.2, 0.25) is 0 Å². The zero-order valence-corrected chi connectivity index (χ0v) is 14.6. The lowest BCUT2D eigenvalue weighted by atomic mass is 9.53. The van der Waals surface area contributed by atoms with E-state index in [-0.39, 0.29) is 6.10 Å². The number of fused-ring (bicyclic) bond motifs is 5. The summed E-state index contributed by atoms with van der Waals surface area (Å²) in [5.74, 6) is 3.39. The maximum atomic E-state index is 10.7. The van der Waals surface area contributed by atoms with Crippen molar-refractivity contribution in [2.24, 2.45) is 29.1 Å². The number of aliphatic hydroxyl groups excluding tert-OH is 1. The summed E-state index contributed by atoms with van der Waals surface area (Å²) < 4.78 is 0. The van der Waals surface area contributed by atoms with Crippen LogP contribution in [-0.4, -0.2) is 16.3 Å². The first-order valence-electron chi connectivity index (χ1n) is 9.40. The number of phenols is 1. The minimum absolute atomic E-state index is 0.120. The molecule has 0 bridgehead atoms. The molecule has 2 saturated carbocycles. The Labute approximate surface area is 139 Å². The molecule has 23 heavy (non-hydrogen) atoms. The van der Waals surface area contributed by atoms with Gasteiger partial charge in [0, 0.05) is 0 Å². The number of aryl methyl sites for hydroxylation is 1. The maximum absolute atomic E-state index is 10.7. The van der Waals surface area contributed by atoms with Crippen LogP contribution >= 0.6 is 0 Å². The van der Waals surface area contributed by atoms with Crippen molar-refractivity contribution in [2.45, 2.75) is 64.9 Å². The van der Waals surface area contributed by atoms with Crippen LogP contribution in [0.3, 0.4) is 0 Å². The third-order valence-electron chi connectivity index (χ3n) is 7.39. The minimum Gasteiger partial charge on any atom is -0.508 e. The monoisotopic (exact) mass is 314 g/mol. The Balaban J connectivity index is 1.73. The van der Waals surface area contributed by atoms with E-state index in [1.807, 2.05) is 12.1 Å². The third kappa shape index (κ3) is 2.25. The average Bonchev–Trinajstić information content (AvgIpc) is 2.77. The van der Waals surface area contributed by atoms with E-state index in [9.17, 15) is 10.2 Å². The Morgan fingerprint density at radius 1 is 1.22 bits per heavy atom. The van der Waals surface area contributed by atoms with Gasteiger partial charge in [0.1, 0.15) is 5.75 Å². The molecule has 1 aromatic carbocycles. The highest BCUT2D eigenvalue weighted by Crippen LogP contribution is 2.63. The molecular weight excluding hydrogens is 284 g/mol. The molecule has 2 nitrogen and oxygen atoms in total. The molecule has 2 N–H and O–H groups in total. The van der Waals surface area contributed by atoms with Gasteiger partial charge in [-0.15, -0.1) is 0 Å². The van der Waals surface area contributed by atoms with E-state index in [1.165, 1.54) is 30.4 Å². The van der Waals surface area contributed by atoms with Gasteiger partial charge >= 0.3 is 0 Å². The van der Waals surface area contributed by atoms with Crippen molar-refractivity contribution in [3.63, 3.8) is 0 Å². The fraction of sp³-hybridized carbons (Fsp3) is 0.714. The second-order valence-electron chi connectivity index (χ2n) is 9.00. The second-order valence-corrected chi connectivity index (χ2v) is 9.00. The molecule has 0 spiro atoms. The Kier molecular flexibility index (Phi) is 3.53. The van der Waals surface area contributed by atoms with Crippen LogP contribution in [0.1, 0.15) is 63.5 Å². The average molecular weight is 314 g/mol. The minimum atomic E-state index is -0.120. The van der Waals surface area contributed by atoms with Crippen LogP contribution in [0.15, 0.2) is 18.2 Å². The van der Waals surface area contributed by atoms with Crippen molar-refractivity contribution in [1.29, 1.82) is 0 Å². The number of aromatic hydroxyl groups is 1. The van der Waals surface area contributed by atoms with Crippen molar-refractivity contribution in [2.75, 3.05) is 0 Å². The highest BCUT2D eigenvalue weighted by Gasteiger charge is 2.57. The van der Waals surface area contributed by atoms with Crippen LogP contribution in [0.5, 0.6) is 5.75 Å². The molecule has 0 unspecified atom stereocenters. The van der Waals surface area contributed by atoms with Crippen molar-refractivity contribution >= 4 is 0 Å². The van der Waals surface area contributed by atoms with Crippen molar-refractivity contribution in [3.8, 4) is 5.75 Å². The van der Waals surface area contributed by atoms with E-state index in [2.05, 4.69) is 26.8 Å². The summed E-state index contributed by atoms with van der Waals surface area (Å²) in [5, 5.41) is 20.5. The lowest BCUT2D eigenvalue weighted by molar-refractivity contribution is 0.0121. The van der Waals surface area contributed by atoms with Gasteiger partial charge in [0.15, 0.2) is 0 Å². The predicted molar refractivity (Wildman–Crippen MR) is 92.4 cm³/mol. The predicted octanol–water partition coefficient (Wildman–Crippen LogP) is 4.49. The molecule has 0 amide bonds. The van der Waals surface area contributed by atoms with Gasteiger partial charge in [0.05, 0.1) is 6.10 Å². The van der Waals surface area contributed by atoms with Crippen LogP contribution in [0.2, 0.25) is 0 Å². The quantitative estimate of drug-likeness (QED) is 0.801. The Morgan fingerprint density at radius 2 is 2.00 bits per heavy atom. The molecule has 126 valence electrons. The first-order chi connectivity index (χ1) is 10.9. The van der Waals surface area contributed by atoms with E-state index in [4.69, 9.17) is 0 Å². The van der Waals surface area contributed by atoms with E-state index in [0.29, 0.717) is 40.8 Å². The molecule has 0 aliphatic heterocycles. The molecule has 2 heteroatoms. The van der Waals surface area contributed by atoms with Crippen LogP contribution < -0.4 is 0 Å². The first-order valence-corrected chi connectivity index (χ1v) is 9.40. The number of benzene rings is 1. The fourth-order valence-electron chi connectivity index (χ4n) is 6.59. The SMILES string of the molecule is CC(C)[C@@H]1[C@H]2[C@@H]3CCc4cc(O)ccc4[C@H]3CC[C@]2(C)C[C@H]1O. The van der Waals surface area contributed by atoms with Gasteiger partial charge in [-0.05, 0) is 90.4 Å². The summed E-state index contributed by atoms with van der Waals surface area (Å²) in [6.07, 6.45) is 5.65. The highest BCUT2D eigenvalue weighted by molar-refractivity contribution is 5.40. The van der Waals surface area contributed by atoms with Crippen LogP contribution in [0.4, 0.5) is 0 Å². The van der Waals surface area contributed by atoms with E-state index in [1.54, 1.807) is 0 Å². The fourth-order valence-corrected chi connectivity index (χ4v) is 6.59. The molecule has 1 aromatic rings. The Bertz CT molecular complexity index is 608. The van der Waals surface area contributed by atoms with Gasteiger partial charge in [-0.25, -0.2) is 0 Å². The third-order valence-corrected chi connectivity index (χ3v) is 7.39. The largest absolute Gasteiger partial charge is 0.508 e. The normalized spacial score (nSPS) is 42.2. The van der Waals surface area contributed by atoms with Crippen LogP contribution in [0.25, 0.3) is 0 Å². The summed E-state index contributed by atoms with van der Waals surface area (Å²) in [4.78, 5) is 0. The standard InChI is InChI=1S/C21H30O2/c1-12(2)19-18(23)11-21(3)9-8-16-15-7-5-14(22)10-13(15)4-6-17(16)20(19)21/h5,7,10,12,16-20,22-23H,4,6,8-9,11H2,1-3H3/t16-,17-,18-,19+,20-,21-/m1/s1. The van der Waals surface area contributed by atoms with Gasteiger partial charge in [-0.3, -0.25) is 0 Å². The van der Waals surface area contributed by atoms with Gasteiger partial charge in [0.25, 0.3) is 0 Å². The number of hydrogen-bond acceptors (Lipinski definition) is 2. The molecule has 4 rings (SSSR count). The number of rotatable bonds is 1. The number of aliphatic hydroxyl groups is 1. The summed E-state index contributed by atoms with van der Waals surface area (Å²) in [6, 6.07) is 6.00. The lowest BCUT2D eigenvalue weighted by Gasteiger charge is -2.51. The Morgan fingerprint density at radius 3 is 2.74 bits per heavy atom. The molecule has 0 heterocycles. The molecule has 0 saturated heterocycles. The zero-order valence-electron chi connectivity index (χ0n) is 14.6. The molecule has 6 atom stereocenters. The molecule has 2 fully saturated rings. The molecule has 0 radical (unpaired) electrons. The summed E-state index contributed by atoms with van der Waals surface area (Å²) in [6.45, 7) is 7.02. The number of phenolic OH excluding ortho intramolecular Hbond substituents is 1. The Hall–Kier alpha value is -1.02. The van der Waals surface area contributed by atoms with Crippen molar-refractivity contribution in [1.82, 2.24) is 0 Å². The molecule has 0 aromatic heterocycles. The summed E-state index contributed by atoms with van der Waals surface area (Å²) in [5.41, 5.74) is 3.16. The van der Waals surface area contributed by atoms with Crippen LogP contribution in [-0.2, 0) is 6.42 Å². The maximum Gasteiger partial charge on any atom is 0.115 e. The van der Waals surface area contributed by atoms with Crippen LogP contribution in [0, 0.1) is 29.1 Å². The summed E-state index contributed by atoms with van der Waals surface area (Å²) in [7, 11) is 0. The van der Waals surface area contributed by atoms with Crippen molar-refractivity contribution < 1.29 is 10.2 Å². The van der Waals surface area contributed by atoms with Gasteiger partial charge < -0.3 is 10.2 Å². The highest BCUT2D eigenvalue weighted by atomic mass is 16.3. The van der Waals surface area contributed by atoms with Gasteiger partial charge in [-0.2, -0.15) is 0 Å². The molecule has 3 aliphatic carbocycles. The molecule has 3 aliphatic rings. The van der Waals surface area contributed by atoms with Crippen molar-refractivity contribution in [3.05, 3.63) is 29.3 Å². The second kappa shape index (κ2) is 5.24. The van der Waals surface area contributed by atoms with Gasteiger partial charge in [-0.1, -0.05) is 26.8 Å². The van der Waals surface area contributed by atoms with E-state index < -0.39 is 0 Å². The number of hydrogen-bond donors (Lipinski definition) is 2. The zero-order chi connectivity index (χ0) is 16.4. The topological polar surface area (TPSA) is 40.5 Å². The van der Waals surface area contributed by atoms with E-state index >= 15 is 0 Å². The lowest BCUT2D eigenvalue weighted by Crippen LogP contribution is -2.43. The first kappa shape index (κ1) is 15.5. The molecular formula is C21H30O2. The summed E-state index contributed by atoms with van der Waals surface area (Å²) >= 11 is 0.